The molecular weight excluding hydrogens is 308 g/mol. The van der Waals surface area contributed by atoms with Crippen LogP contribution < -0.4 is 4.74 Å². The second-order valence-electron chi connectivity index (χ2n) is 3.28. The molecule has 0 saturated heterocycles. The SMILES string of the molecule is COc1cccc(C(Cl)c2ccc(Br)s2)c1. The molecule has 0 fully saturated rings. The Balaban J connectivity index is 2.29. The minimum atomic E-state index is -0.119. The van der Waals surface area contributed by atoms with Gasteiger partial charge in [0.1, 0.15) is 5.75 Å². The summed E-state index contributed by atoms with van der Waals surface area (Å²) in [7, 11) is 1.66. The second-order valence-corrected chi connectivity index (χ2v) is 6.21. The van der Waals surface area contributed by atoms with E-state index in [9.17, 15) is 0 Å². The highest BCUT2D eigenvalue weighted by atomic mass is 79.9. The van der Waals surface area contributed by atoms with Crippen LogP contribution in [0.5, 0.6) is 5.75 Å². The molecule has 0 radical (unpaired) electrons. The van der Waals surface area contributed by atoms with Gasteiger partial charge in [0.2, 0.25) is 0 Å². The van der Waals surface area contributed by atoms with E-state index < -0.39 is 0 Å². The Morgan fingerprint density at radius 1 is 1.31 bits per heavy atom. The van der Waals surface area contributed by atoms with Crippen molar-refractivity contribution in [2.75, 3.05) is 7.11 Å². The molecule has 1 nitrogen and oxygen atoms in total. The van der Waals surface area contributed by atoms with E-state index in [2.05, 4.69) is 15.9 Å². The number of benzene rings is 1. The van der Waals surface area contributed by atoms with Gasteiger partial charge in [-0.1, -0.05) is 12.1 Å². The van der Waals surface area contributed by atoms with Gasteiger partial charge < -0.3 is 4.74 Å². The summed E-state index contributed by atoms with van der Waals surface area (Å²) in [6.07, 6.45) is 0. The van der Waals surface area contributed by atoms with E-state index in [-0.39, 0.29) is 5.38 Å². The number of thiophene rings is 1. The summed E-state index contributed by atoms with van der Waals surface area (Å²) < 4.78 is 6.28. The Morgan fingerprint density at radius 2 is 2.12 bits per heavy atom. The number of hydrogen-bond acceptors (Lipinski definition) is 2. The molecule has 1 heterocycles. The summed E-state index contributed by atoms with van der Waals surface area (Å²) in [5, 5.41) is -0.119. The fourth-order valence-corrected chi connectivity index (χ4v) is 3.20. The van der Waals surface area contributed by atoms with Crippen molar-refractivity contribution in [3.05, 3.63) is 50.6 Å². The van der Waals surface area contributed by atoms with E-state index in [0.717, 1.165) is 20.0 Å². The van der Waals surface area contributed by atoms with Crippen LogP contribution in [0.25, 0.3) is 0 Å². The monoisotopic (exact) mass is 316 g/mol. The zero-order valence-corrected chi connectivity index (χ0v) is 11.8. The molecule has 0 spiro atoms. The molecule has 4 heteroatoms. The number of halogens is 2. The van der Waals surface area contributed by atoms with Gasteiger partial charge in [0.15, 0.2) is 0 Å². The van der Waals surface area contributed by atoms with Gasteiger partial charge in [0, 0.05) is 4.88 Å². The van der Waals surface area contributed by atoms with Gasteiger partial charge >= 0.3 is 0 Å². The van der Waals surface area contributed by atoms with Crippen LogP contribution in [0.2, 0.25) is 0 Å². The lowest BCUT2D eigenvalue weighted by Crippen LogP contribution is -1.91. The molecule has 0 bridgehead atoms. The number of ether oxygens (including phenoxy) is 1. The normalized spacial score (nSPS) is 12.4. The first-order valence-corrected chi connectivity index (χ1v) is 6.78. The standard InChI is InChI=1S/C12H10BrClOS/c1-15-9-4-2-3-8(7-9)12(14)10-5-6-11(13)16-10/h2-7,12H,1H3. The topological polar surface area (TPSA) is 9.23 Å². The van der Waals surface area contributed by atoms with Crippen molar-refractivity contribution in [1.29, 1.82) is 0 Å². The van der Waals surface area contributed by atoms with Crippen LogP contribution in [0, 0.1) is 0 Å². The van der Waals surface area contributed by atoms with E-state index in [1.54, 1.807) is 18.4 Å². The van der Waals surface area contributed by atoms with E-state index in [1.807, 2.05) is 36.4 Å². The Kier molecular flexibility index (Phi) is 3.90. The zero-order valence-electron chi connectivity index (χ0n) is 8.61. The highest BCUT2D eigenvalue weighted by molar-refractivity contribution is 9.11. The van der Waals surface area contributed by atoms with Crippen LogP contribution in [0.15, 0.2) is 40.2 Å². The Labute approximate surface area is 112 Å². The largest absolute Gasteiger partial charge is 0.497 e. The van der Waals surface area contributed by atoms with Crippen molar-refractivity contribution in [1.82, 2.24) is 0 Å². The molecule has 84 valence electrons. The van der Waals surface area contributed by atoms with Crippen molar-refractivity contribution >= 4 is 38.9 Å². The molecule has 2 rings (SSSR count). The van der Waals surface area contributed by atoms with Gasteiger partial charge in [-0.15, -0.1) is 22.9 Å². The molecule has 16 heavy (non-hydrogen) atoms. The number of methoxy groups -OCH3 is 1. The summed E-state index contributed by atoms with van der Waals surface area (Å²) in [6, 6.07) is 11.9. The molecular formula is C12H10BrClOS. The summed E-state index contributed by atoms with van der Waals surface area (Å²) in [6.45, 7) is 0. The van der Waals surface area contributed by atoms with E-state index in [1.165, 1.54) is 0 Å². The maximum atomic E-state index is 6.41. The molecule has 1 unspecified atom stereocenters. The molecule has 1 aromatic carbocycles. The van der Waals surface area contributed by atoms with E-state index in [0.29, 0.717) is 0 Å². The van der Waals surface area contributed by atoms with Crippen molar-refractivity contribution in [3.63, 3.8) is 0 Å². The Morgan fingerprint density at radius 3 is 2.75 bits per heavy atom. The zero-order chi connectivity index (χ0) is 11.5. The minimum Gasteiger partial charge on any atom is -0.497 e. The third kappa shape index (κ3) is 2.59. The lowest BCUT2D eigenvalue weighted by Gasteiger charge is -2.09. The fraction of sp³-hybridized carbons (Fsp3) is 0.167. The summed E-state index contributed by atoms with van der Waals surface area (Å²) >= 11 is 11.5. The first kappa shape index (κ1) is 12.0. The van der Waals surface area contributed by atoms with Crippen molar-refractivity contribution in [2.24, 2.45) is 0 Å². The fourth-order valence-electron chi connectivity index (χ4n) is 1.43. The molecule has 2 aromatic rings. The Hall–Kier alpha value is -0.510. The first-order chi connectivity index (χ1) is 7.70. The average molecular weight is 318 g/mol. The van der Waals surface area contributed by atoms with Crippen LogP contribution in [-0.4, -0.2) is 7.11 Å². The van der Waals surface area contributed by atoms with Gasteiger partial charge in [0.05, 0.1) is 16.3 Å². The average Bonchev–Trinajstić information content (AvgIpc) is 2.75. The third-order valence-electron chi connectivity index (χ3n) is 2.23. The molecule has 0 aliphatic carbocycles. The Bertz CT molecular complexity index is 483. The van der Waals surface area contributed by atoms with Gasteiger partial charge in [0.25, 0.3) is 0 Å². The van der Waals surface area contributed by atoms with E-state index in [4.69, 9.17) is 16.3 Å². The maximum absolute atomic E-state index is 6.41. The quantitative estimate of drug-likeness (QED) is 0.736. The van der Waals surface area contributed by atoms with Crippen LogP contribution in [0.4, 0.5) is 0 Å². The highest BCUT2D eigenvalue weighted by Crippen LogP contribution is 2.36. The number of rotatable bonds is 3. The molecule has 0 saturated carbocycles. The van der Waals surface area contributed by atoms with Crippen LogP contribution >= 0.6 is 38.9 Å². The van der Waals surface area contributed by atoms with Crippen molar-refractivity contribution < 1.29 is 4.74 Å². The van der Waals surface area contributed by atoms with Crippen LogP contribution in [-0.2, 0) is 0 Å². The summed E-state index contributed by atoms with van der Waals surface area (Å²) in [5.74, 6) is 0.832. The second kappa shape index (κ2) is 5.21. The smallest absolute Gasteiger partial charge is 0.119 e. The van der Waals surface area contributed by atoms with Gasteiger partial charge in [-0.3, -0.25) is 0 Å². The van der Waals surface area contributed by atoms with Crippen LogP contribution in [0.1, 0.15) is 15.8 Å². The van der Waals surface area contributed by atoms with Gasteiger partial charge in [-0.05, 0) is 45.8 Å². The summed E-state index contributed by atoms with van der Waals surface area (Å²) in [4.78, 5) is 1.13. The third-order valence-corrected chi connectivity index (χ3v) is 4.54. The number of hydrogen-bond donors (Lipinski definition) is 0. The first-order valence-electron chi connectivity index (χ1n) is 4.74. The van der Waals surface area contributed by atoms with Gasteiger partial charge in [-0.2, -0.15) is 0 Å². The molecule has 0 aliphatic heterocycles. The van der Waals surface area contributed by atoms with Crippen LogP contribution in [0.3, 0.4) is 0 Å². The number of alkyl halides is 1. The van der Waals surface area contributed by atoms with Gasteiger partial charge in [-0.25, -0.2) is 0 Å². The molecule has 1 atom stereocenters. The molecule has 0 N–H and O–H groups in total. The van der Waals surface area contributed by atoms with Crippen molar-refractivity contribution in [2.45, 2.75) is 5.38 Å². The molecule has 0 amide bonds. The molecule has 1 aromatic heterocycles. The molecule has 0 aliphatic rings. The predicted molar refractivity (Wildman–Crippen MR) is 72.7 cm³/mol. The minimum absolute atomic E-state index is 0.119. The lowest BCUT2D eigenvalue weighted by atomic mass is 10.1. The highest BCUT2D eigenvalue weighted by Gasteiger charge is 2.13. The van der Waals surface area contributed by atoms with E-state index >= 15 is 0 Å². The lowest BCUT2D eigenvalue weighted by molar-refractivity contribution is 0.414. The summed E-state index contributed by atoms with van der Waals surface area (Å²) in [5.41, 5.74) is 1.05. The van der Waals surface area contributed by atoms with Crippen molar-refractivity contribution in [3.8, 4) is 5.75 Å². The maximum Gasteiger partial charge on any atom is 0.119 e. The predicted octanol–water partition coefficient (Wildman–Crippen LogP) is 4.85.